The molecule has 8 heteroatoms. The Labute approximate surface area is 108 Å². The summed E-state index contributed by atoms with van der Waals surface area (Å²) in [6.45, 7) is 0.787. The van der Waals surface area contributed by atoms with Crippen LogP contribution in [0.2, 0.25) is 0 Å². The van der Waals surface area contributed by atoms with Crippen molar-refractivity contribution in [3.05, 3.63) is 28.2 Å². The average Bonchev–Trinajstić information content (AvgIpc) is 2.38. The van der Waals surface area contributed by atoms with E-state index >= 15 is 0 Å². The molecule has 0 saturated carbocycles. The Morgan fingerprint density at radius 3 is 2.63 bits per heavy atom. The number of hydrogen-bond donors (Lipinski definition) is 1. The van der Waals surface area contributed by atoms with Crippen molar-refractivity contribution in [3.8, 4) is 0 Å². The molecule has 0 aromatic carbocycles. The van der Waals surface area contributed by atoms with Crippen molar-refractivity contribution >= 4 is 17.4 Å². The van der Waals surface area contributed by atoms with E-state index in [1.54, 1.807) is 4.90 Å². The molecule has 1 aromatic heterocycles. The summed E-state index contributed by atoms with van der Waals surface area (Å²) in [5.41, 5.74) is 4.98. The van der Waals surface area contributed by atoms with Crippen LogP contribution in [-0.4, -0.2) is 28.9 Å². The molecule has 1 amide bonds. The van der Waals surface area contributed by atoms with Crippen LogP contribution in [0.1, 0.15) is 12.8 Å². The highest BCUT2D eigenvalue weighted by Crippen LogP contribution is 2.29. The largest absolute Gasteiger partial charge is 0.369 e. The number of carbonyl (C=O) groups is 1. The van der Waals surface area contributed by atoms with Crippen LogP contribution in [0, 0.1) is 22.0 Å². The number of hydrogen-bond acceptors (Lipinski definition) is 5. The van der Waals surface area contributed by atoms with E-state index in [9.17, 15) is 19.3 Å². The number of amides is 1. The van der Waals surface area contributed by atoms with Crippen LogP contribution in [0.4, 0.5) is 15.9 Å². The van der Waals surface area contributed by atoms with E-state index in [1.807, 2.05) is 0 Å². The normalized spacial score (nSPS) is 16.4. The van der Waals surface area contributed by atoms with Crippen LogP contribution in [0.25, 0.3) is 0 Å². The molecule has 1 saturated heterocycles. The number of halogens is 1. The first kappa shape index (κ1) is 13.2. The van der Waals surface area contributed by atoms with E-state index in [1.165, 1.54) is 0 Å². The van der Waals surface area contributed by atoms with Gasteiger partial charge in [0, 0.05) is 31.1 Å². The third-order valence-electron chi connectivity index (χ3n) is 3.21. The molecule has 1 fully saturated rings. The number of pyridine rings is 1. The summed E-state index contributed by atoms with van der Waals surface area (Å²) in [7, 11) is 0. The third kappa shape index (κ3) is 2.78. The molecule has 2 rings (SSSR count). The predicted octanol–water partition coefficient (Wildman–Crippen LogP) is 0.831. The minimum Gasteiger partial charge on any atom is -0.369 e. The molecule has 0 radical (unpaired) electrons. The molecule has 1 aliphatic heterocycles. The van der Waals surface area contributed by atoms with Gasteiger partial charge in [0.1, 0.15) is 0 Å². The summed E-state index contributed by atoms with van der Waals surface area (Å²) in [6.07, 6.45) is 0.982. The Morgan fingerprint density at radius 2 is 2.11 bits per heavy atom. The van der Waals surface area contributed by atoms with Gasteiger partial charge in [-0.05, 0) is 12.8 Å². The molecule has 0 spiro atoms. The second-order valence-corrected chi connectivity index (χ2v) is 4.40. The number of aromatic nitrogens is 1. The molecule has 19 heavy (non-hydrogen) atoms. The number of nitrogens with zero attached hydrogens (tertiary/aromatic N) is 3. The zero-order valence-electron chi connectivity index (χ0n) is 10.1. The zero-order valence-corrected chi connectivity index (χ0v) is 10.1. The van der Waals surface area contributed by atoms with Gasteiger partial charge in [-0.1, -0.05) is 0 Å². The van der Waals surface area contributed by atoms with Gasteiger partial charge in [-0.15, -0.1) is 0 Å². The Bertz CT molecular complexity index is 515. The fraction of sp³-hybridized carbons (Fsp3) is 0.455. The van der Waals surface area contributed by atoms with Gasteiger partial charge in [0.2, 0.25) is 17.7 Å². The Morgan fingerprint density at radius 1 is 1.47 bits per heavy atom. The highest BCUT2D eigenvalue weighted by Gasteiger charge is 2.28. The zero-order chi connectivity index (χ0) is 14.0. The van der Waals surface area contributed by atoms with E-state index in [2.05, 4.69) is 4.98 Å². The maximum Gasteiger partial charge on any atom is 0.311 e. The van der Waals surface area contributed by atoms with Crippen LogP contribution in [0.5, 0.6) is 0 Å². The van der Waals surface area contributed by atoms with Crippen molar-refractivity contribution < 1.29 is 14.1 Å². The lowest BCUT2D eigenvalue weighted by Gasteiger charge is -2.30. The lowest BCUT2D eigenvalue weighted by molar-refractivity contribution is -0.384. The first-order valence-corrected chi connectivity index (χ1v) is 5.84. The summed E-state index contributed by atoms with van der Waals surface area (Å²) >= 11 is 0. The van der Waals surface area contributed by atoms with E-state index in [-0.39, 0.29) is 23.3 Å². The number of nitrogens with two attached hydrogens (primary N) is 1. The van der Waals surface area contributed by atoms with Gasteiger partial charge in [0.05, 0.1) is 4.92 Å². The quantitative estimate of drug-likeness (QED) is 0.497. The smallest absolute Gasteiger partial charge is 0.311 e. The molecule has 1 aromatic rings. The van der Waals surface area contributed by atoms with E-state index < -0.39 is 10.9 Å². The van der Waals surface area contributed by atoms with Gasteiger partial charge in [-0.3, -0.25) is 14.9 Å². The summed E-state index contributed by atoms with van der Waals surface area (Å²) in [6, 6.07) is 2.05. The van der Waals surface area contributed by atoms with Crippen LogP contribution >= 0.6 is 0 Å². The minimum atomic E-state index is -0.766. The number of primary amides is 1. The van der Waals surface area contributed by atoms with Crippen molar-refractivity contribution in [2.45, 2.75) is 12.8 Å². The third-order valence-corrected chi connectivity index (χ3v) is 3.21. The van der Waals surface area contributed by atoms with E-state index in [0.717, 1.165) is 12.1 Å². The fourth-order valence-electron chi connectivity index (χ4n) is 2.17. The maximum absolute atomic E-state index is 13.1. The SMILES string of the molecule is NC(=O)C1CCN(c2nc(F)ccc2[N+](=O)[O-])CC1. The molecule has 2 heterocycles. The minimum absolute atomic E-state index is 0.00733. The molecule has 102 valence electrons. The van der Waals surface area contributed by atoms with Crippen molar-refractivity contribution in [2.75, 3.05) is 18.0 Å². The maximum atomic E-state index is 13.1. The topological polar surface area (TPSA) is 102 Å². The molecule has 0 aliphatic carbocycles. The number of piperidine rings is 1. The van der Waals surface area contributed by atoms with Gasteiger partial charge in [-0.2, -0.15) is 9.37 Å². The fourth-order valence-corrected chi connectivity index (χ4v) is 2.17. The van der Waals surface area contributed by atoms with Gasteiger partial charge >= 0.3 is 5.69 Å². The Kier molecular flexibility index (Phi) is 3.59. The van der Waals surface area contributed by atoms with Crippen LogP contribution < -0.4 is 10.6 Å². The lowest BCUT2D eigenvalue weighted by atomic mass is 9.96. The number of carbonyl (C=O) groups excluding carboxylic acids is 1. The van der Waals surface area contributed by atoms with Crippen LogP contribution in [0.3, 0.4) is 0 Å². The van der Waals surface area contributed by atoms with Crippen molar-refractivity contribution in [2.24, 2.45) is 11.7 Å². The highest BCUT2D eigenvalue weighted by molar-refractivity contribution is 5.77. The average molecular weight is 268 g/mol. The Balaban J connectivity index is 2.21. The van der Waals surface area contributed by atoms with Crippen LogP contribution in [-0.2, 0) is 4.79 Å². The summed E-state index contributed by atoms with van der Waals surface area (Å²) in [5.74, 6) is -1.37. The molecule has 7 nitrogen and oxygen atoms in total. The number of rotatable bonds is 3. The number of anilines is 1. The monoisotopic (exact) mass is 268 g/mol. The lowest BCUT2D eigenvalue weighted by Crippen LogP contribution is -2.39. The summed E-state index contributed by atoms with van der Waals surface area (Å²) in [5, 5.41) is 10.9. The molecule has 1 aliphatic rings. The van der Waals surface area contributed by atoms with E-state index in [0.29, 0.717) is 25.9 Å². The molecule has 2 N–H and O–H groups in total. The first-order valence-electron chi connectivity index (χ1n) is 5.84. The second-order valence-electron chi connectivity index (χ2n) is 4.40. The van der Waals surface area contributed by atoms with Crippen molar-refractivity contribution in [1.82, 2.24) is 4.98 Å². The van der Waals surface area contributed by atoms with Gasteiger partial charge < -0.3 is 10.6 Å². The molecule has 0 atom stereocenters. The van der Waals surface area contributed by atoms with Gasteiger partial charge in [0.15, 0.2) is 0 Å². The van der Waals surface area contributed by atoms with E-state index in [4.69, 9.17) is 5.73 Å². The Hall–Kier alpha value is -2.25. The second kappa shape index (κ2) is 5.17. The summed E-state index contributed by atoms with van der Waals surface area (Å²) < 4.78 is 13.1. The standard InChI is InChI=1S/C11H13FN4O3/c12-9-2-1-8(16(18)19)11(14-9)15-5-3-7(4-6-15)10(13)17/h1-2,7H,3-6H2,(H2,13,17). The molecular formula is C11H13FN4O3. The number of nitro groups is 1. The van der Waals surface area contributed by atoms with Crippen molar-refractivity contribution in [1.29, 1.82) is 0 Å². The first-order chi connectivity index (χ1) is 8.99. The van der Waals surface area contributed by atoms with Crippen LogP contribution in [0.15, 0.2) is 12.1 Å². The predicted molar refractivity (Wildman–Crippen MR) is 65.0 cm³/mol. The van der Waals surface area contributed by atoms with Gasteiger partial charge in [-0.25, -0.2) is 0 Å². The summed E-state index contributed by atoms with van der Waals surface area (Å²) in [4.78, 5) is 26.5. The molecular weight excluding hydrogens is 255 g/mol. The highest BCUT2D eigenvalue weighted by atomic mass is 19.1. The molecule has 0 unspecified atom stereocenters. The van der Waals surface area contributed by atoms with Crippen molar-refractivity contribution in [3.63, 3.8) is 0 Å². The van der Waals surface area contributed by atoms with Gasteiger partial charge in [0.25, 0.3) is 0 Å². The molecule has 0 bridgehead atoms.